The highest BCUT2D eigenvalue weighted by Gasteiger charge is 2.07. The SMILES string of the molecule is COc1cccc(CNCc2cscc2C)c1F. The average Bonchev–Trinajstić information content (AvgIpc) is 2.77. The highest BCUT2D eigenvalue weighted by atomic mass is 32.1. The maximum absolute atomic E-state index is 13.9. The minimum Gasteiger partial charge on any atom is -0.494 e. The lowest BCUT2D eigenvalue weighted by Crippen LogP contribution is -2.14. The van der Waals surface area contributed by atoms with E-state index in [9.17, 15) is 4.39 Å². The summed E-state index contributed by atoms with van der Waals surface area (Å²) in [5, 5.41) is 7.48. The Morgan fingerprint density at radius 2 is 2.00 bits per heavy atom. The maximum Gasteiger partial charge on any atom is 0.169 e. The van der Waals surface area contributed by atoms with E-state index >= 15 is 0 Å². The van der Waals surface area contributed by atoms with E-state index < -0.39 is 0 Å². The minimum absolute atomic E-state index is 0.283. The van der Waals surface area contributed by atoms with Crippen molar-refractivity contribution in [1.82, 2.24) is 5.32 Å². The van der Waals surface area contributed by atoms with Crippen molar-refractivity contribution in [1.29, 1.82) is 0 Å². The first-order valence-corrected chi connectivity index (χ1v) is 6.70. The van der Waals surface area contributed by atoms with Crippen LogP contribution in [0, 0.1) is 12.7 Å². The largest absolute Gasteiger partial charge is 0.494 e. The topological polar surface area (TPSA) is 21.3 Å². The zero-order valence-electron chi connectivity index (χ0n) is 10.5. The van der Waals surface area contributed by atoms with Crippen molar-refractivity contribution < 1.29 is 9.13 Å². The number of rotatable bonds is 5. The van der Waals surface area contributed by atoms with Crippen LogP contribution < -0.4 is 10.1 Å². The summed E-state index contributed by atoms with van der Waals surface area (Å²) < 4.78 is 18.8. The van der Waals surface area contributed by atoms with Gasteiger partial charge in [-0.1, -0.05) is 12.1 Å². The van der Waals surface area contributed by atoms with Crippen LogP contribution in [0.15, 0.2) is 29.0 Å². The second kappa shape index (κ2) is 5.98. The molecule has 2 rings (SSSR count). The van der Waals surface area contributed by atoms with Gasteiger partial charge in [-0.05, 0) is 34.9 Å². The van der Waals surface area contributed by atoms with Crippen LogP contribution in [0.4, 0.5) is 4.39 Å². The van der Waals surface area contributed by atoms with Gasteiger partial charge in [0.15, 0.2) is 11.6 Å². The summed E-state index contributed by atoms with van der Waals surface area (Å²) in [7, 11) is 1.48. The van der Waals surface area contributed by atoms with Gasteiger partial charge in [0.2, 0.25) is 0 Å². The lowest BCUT2D eigenvalue weighted by Gasteiger charge is -2.08. The molecule has 2 nitrogen and oxygen atoms in total. The van der Waals surface area contributed by atoms with Crippen LogP contribution in [-0.4, -0.2) is 7.11 Å². The third-order valence-electron chi connectivity index (χ3n) is 2.86. The fourth-order valence-electron chi connectivity index (χ4n) is 1.75. The molecule has 0 aliphatic rings. The van der Waals surface area contributed by atoms with Gasteiger partial charge in [0.25, 0.3) is 0 Å². The van der Waals surface area contributed by atoms with E-state index in [2.05, 4.69) is 23.0 Å². The number of hydrogen-bond acceptors (Lipinski definition) is 3. The van der Waals surface area contributed by atoms with Gasteiger partial charge >= 0.3 is 0 Å². The Balaban J connectivity index is 1.96. The number of ether oxygens (including phenoxy) is 1. The van der Waals surface area contributed by atoms with Crippen molar-refractivity contribution in [3.8, 4) is 5.75 Å². The number of hydrogen-bond donors (Lipinski definition) is 1. The molecular formula is C14H16FNOS. The number of nitrogens with one attached hydrogen (secondary N) is 1. The summed E-state index contributed by atoms with van der Waals surface area (Å²) in [6.07, 6.45) is 0. The van der Waals surface area contributed by atoms with E-state index in [0.29, 0.717) is 17.9 Å². The van der Waals surface area contributed by atoms with Gasteiger partial charge in [-0.25, -0.2) is 4.39 Å². The lowest BCUT2D eigenvalue weighted by atomic mass is 10.2. The van der Waals surface area contributed by atoms with Crippen molar-refractivity contribution in [3.05, 3.63) is 51.5 Å². The van der Waals surface area contributed by atoms with Gasteiger partial charge in [-0.15, -0.1) is 0 Å². The fraction of sp³-hybridized carbons (Fsp3) is 0.286. The molecule has 0 saturated heterocycles. The van der Waals surface area contributed by atoms with E-state index in [1.165, 1.54) is 18.2 Å². The highest BCUT2D eigenvalue weighted by molar-refractivity contribution is 7.08. The Morgan fingerprint density at radius 1 is 1.22 bits per heavy atom. The van der Waals surface area contributed by atoms with Crippen molar-refractivity contribution in [2.75, 3.05) is 7.11 Å². The van der Waals surface area contributed by atoms with Gasteiger partial charge in [-0.2, -0.15) is 11.3 Å². The Labute approximate surface area is 110 Å². The highest BCUT2D eigenvalue weighted by Crippen LogP contribution is 2.20. The summed E-state index contributed by atoms with van der Waals surface area (Å²) >= 11 is 1.69. The number of methoxy groups -OCH3 is 1. The second-order valence-electron chi connectivity index (χ2n) is 4.12. The van der Waals surface area contributed by atoms with Crippen molar-refractivity contribution in [2.24, 2.45) is 0 Å². The quantitative estimate of drug-likeness (QED) is 0.893. The Hall–Kier alpha value is -1.39. The Morgan fingerprint density at radius 3 is 2.67 bits per heavy atom. The van der Waals surface area contributed by atoms with Crippen LogP contribution in [0.5, 0.6) is 5.75 Å². The van der Waals surface area contributed by atoms with Crippen LogP contribution in [-0.2, 0) is 13.1 Å². The zero-order chi connectivity index (χ0) is 13.0. The molecule has 18 heavy (non-hydrogen) atoms. The number of benzene rings is 1. The van der Waals surface area contributed by atoms with Gasteiger partial charge in [0.1, 0.15) is 0 Å². The van der Waals surface area contributed by atoms with Crippen molar-refractivity contribution in [2.45, 2.75) is 20.0 Å². The summed E-state index contributed by atoms with van der Waals surface area (Å²) in [5.74, 6) is 0.00977. The third-order valence-corrected chi connectivity index (χ3v) is 3.77. The van der Waals surface area contributed by atoms with Crippen molar-refractivity contribution in [3.63, 3.8) is 0 Å². The first-order valence-electron chi connectivity index (χ1n) is 5.76. The average molecular weight is 265 g/mol. The van der Waals surface area contributed by atoms with Gasteiger partial charge in [-0.3, -0.25) is 0 Å². The maximum atomic E-state index is 13.9. The summed E-state index contributed by atoms with van der Waals surface area (Å²) in [4.78, 5) is 0. The van der Waals surface area contributed by atoms with Gasteiger partial charge in [0, 0.05) is 18.7 Å². The molecule has 0 saturated carbocycles. The standard InChI is InChI=1S/C14H16FNOS/c1-10-8-18-9-12(10)7-16-6-11-4-3-5-13(17-2)14(11)15/h3-5,8-9,16H,6-7H2,1-2H3. The number of aryl methyl sites for hydroxylation is 1. The van der Waals surface area contributed by atoms with Crippen LogP contribution in [0.25, 0.3) is 0 Å². The molecule has 0 amide bonds. The van der Waals surface area contributed by atoms with Crippen LogP contribution in [0.3, 0.4) is 0 Å². The predicted molar refractivity (Wildman–Crippen MR) is 72.6 cm³/mol. The normalized spacial score (nSPS) is 10.6. The molecule has 96 valence electrons. The Kier molecular flexibility index (Phi) is 4.33. The third kappa shape index (κ3) is 2.89. The molecule has 0 aliphatic heterocycles. The van der Waals surface area contributed by atoms with E-state index in [0.717, 1.165) is 6.54 Å². The van der Waals surface area contributed by atoms with E-state index in [4.69, 9.17) is 4.74 Å². The summed E-state index contributed by atoms with van der Waals surface area (Å²) in [5.41, 5.74) is 3.17. The molecule has 0 spiro atoms. The first kappa shape index (κ1) is 13.1. The molecular weight excluding hydrogens is 249 g/mol. The van der Waals surface area contributed by atoms with E-state index in [-0.39, 0.29) is 5.82 Å². The molecule has 0 atom stereocenters. The second-order valence-corrected chi connectivity index (χ2v) is 4.86. The van der Waals surface area contributed by atoms with Crippen LogP contribution >= 0.6 is 11.3 Å². The zero-order valence-corrected chi connectivity index (χ0v) is 11.3. The summed E-state index contributed by atoms with van der Waals surface area (Å²) in [6.45, 7) is 3.34. The molecule has 0 aliphatic carbocycles. The van der Waals surface area contributed by atoms with Crippen LogP contribution in [0.2, 0.25) is 0 Å². The monoisotopic (exact) mass is 265 g/mol. The number of thiophene rings is 1. The molecule has 2 aromatic rings. The van der Waals surface area contributed by atoms with Crippen molar-refractivity contribution >= 4 is 11.3 Å². The smallest absolute Gasteiger partial charge is 0.169 e. The molecule has 1 heterocycles. The first-order chi connectivity index (χ1) is 8.72. The minimum atomic E-state index is -0.283. The molecule has 0 fully saturated rings. The molecule has 1 aromatic heterocycles. The predicted octanol–water partition coefficient (Wildman–Crippen LogP) is 3.49. The molecule has 4 heteroatoms. The molecule has 1 aromatic carbocycles. The van der Waals surface area contributed by atoms with E-state index in [1.54, 1.807) is 29.5 Å². The summed E-state index contributed by atoms with van der Waals surface area (Å²) in [6, 6.07) is 5.20. The Bertz CT molecular complexity index is 524. The molecule has 0 unspecified atom stereocenters. The number of halogens is 1. The van der Waals surface area contributed by atoms with Gasteiger partial charge < -0.3 is 10.1 Å². The fourth-order valence-corrected chi connectivity index (χ4v) is 2.61. The molecule has 0 radical (unpaired) electrons. The molecule has 0 bridgehead atoms. The molecule has 1 N–H and O–H groups in total. The van der Waals surface area contributed by atoms with E-state index in [1.807, 2.05) is 0 Å². The lowest BCUT2D eigenvalue weighted by molar-refractivity contribution is 0.383. The van der Waals surface area contributed by atoms with Gasteiger partial charge in [0.05, 0.1) is 7.11 Å². The van der Waals surface area contributed by atoms with Crippen LogP contribution in [0.1, 0.15) is 16.7 Å².